The Morgan fingerprint density at radius 2 is 1.55 bits per heavy atom. The predicted molar refractivity (Wildman–Crippen MR) is 87.6 cm³/mol. The molecule has 1 fully saturated rings. The second-order valence-corrected chi connectivity index (χ2v) is 8.33. The minimum Gasteiger partial charge on any atom is -0.440 e. The molecule has 1 unspecified atom stereocenters. The molecule has 0 aromatic heterocycles. The minimum atomic E-state index is -3.28. The van der Waals surface area contributed by atoms with Crippen LogP contribution in [0, 0.1) is 5.82 Å². The highest BCUT2D eigenvalue weighted by Gasteiger charge is 2.40. The monoisotopic (exact) mass is 318 g/mol. The number of hydrogen-bond donors (Lipinski definition) is 0. The second-order valence-electron chi connectivity index (χ2n) is 5.74. The molecular formula is C18H20FO2P. The molecule has 0 heterocycles. The highest BCUT2D eigenvalue weighted by Crippen LogP contribution is 2.55. The first-order valence-electron chi connectivity index (χ1n) is 7.79. The Balaban J connectivity index is 2.01. The Kier molecular flexibility index (Phi) is 4.63. The van der Waals surface area contributed by atoms with E-state index < -0.39 is 13.2 Å². The lowest BCUT2D eigenvalue weighted by Gasteiger charge is -2.31. The van der Waals surface area contributed by atoms with Crippen LogP contribution in [0.2, 0.25) is 0 Å². The van der Waals surface area contributed by atoms with Gasteiger partial charge in [0, 0.05) is 0 Å². The van der Waals surface area contributed by atoms with Gasteiger partial charge in [-0.2, -0.15) is 0 Å². The van der Waals surface area contributed by atoms with Crippen molar-refractivity contribution in [3.8, 4) is 5.75 Å². The normalized spacial score (nSPS) is 18.6. The van der Waals surface area contributed by atoms with Gasteiger partial charge < -0.3 is 4.52 Å². The van der Waals surface area contributed by atoms with E-state index in [0.29, 0.717) is 5.75 Å². The summed E-state index contributed by atoms with van der Waals surface area (Å²) < 4.78 is 33.9. The second kappa shape index (κ2) is 6.66. The maximum atomic E-state index is 14.3. The van der Waals surface area contributed by atoms with Crippen LogP contribution >= 0.6 is 7.37 Å². The summed E-state index contributed by atoms with van der Waals surface area (Å²) in [6.45, 7) is 0. The van der Waals surface area contributed by atoms with Crippen molar-refractivity contribution in [3.05, 3.63) is 60.4 Å². The Bertz CT molecular complexity index is 666. The smallest absolute Gasteiger partial charge is 0.283 e. The maximum Gasteiger partial charge on any atom is 0.283 e. The average Bonchev–Trinajstić information content (AvgIpc) is 2.57. The molecule has 0 N–H and O–H groups in total. The Morgan fingerprint density at radius 1 is 0.909 bits per heavy atom. The summed E-state index contributed by atoms with van der Waals surface area (Å²) in [6, 6.07) is 15.4. The summed E-state index contributed by atoms with van der Waals surface area (Å²) in [5, 5.41) is 0.228. The van der Waals surface area contributed by atoms with Crippen LogP contribution in [0.5, 0.6) is 5.75 Å². The molecule has 0 amide bonds. The molecule has 116 valence electrons. The summed E-state index contributed by atoms with van der Waals surface area (Å²) in [5.41, 5.74) is -0.0987. The van der Waals surface area contributed by atoms with Crippen LogP contribution in [0.4, 0.5) is 4.39 Å². The molecule has 1 atom stereocenters. The van der Waals surface area contributed by atoms with E-state index in [1.165, 1.54) is 6.07 Å². The van der Waals surface area contributed by atoms with Crippen molar-refractivity contribution in [2.75, 3.05) is 0 Å². The lowest BCUT2D eigenvalue weighted by Crippen LogP contribution is -2.25. The summed E-state index contributed by atoms with van der Waals surface area (Å²) >= 11 is 0. The average molecular weight is 318 g/mol. The fourth-order valence-electron chi connectivity index (χ4n) is 3.08. The first kappa shape index (κ1) is 15.3. The molecule has 0 radical (unpaired) electrons. The first-order chi connectivity index (χ1) is 10.7. The first-order valence-corrected chi connectivity index (χ1v) is 9.49. The molecule has 1 aliphatic rings. The fourth-order valence-corrected chi connectivity index (χ4v) is 5.87. The Morgan fingerprint density at radius 3 is 2.23 bits per heavy atom. The van der Waals surface area contributed by atoms with Crippen LogP contribution in [0.25, 0.3) is 0 Å². The van der Waals surface area contributed by atoms with Crippen molar-refractivity contribution in [3.63, 3.8) is 0 Å². The van der Waals surface area contributed by atoms with Crippen molar-refractivity contribution in [2.45, 2.75) is 37.8 Å². The SMILES string of the molecule is O=P(Oc1ccccc1)(c1ccccc1F)C1CCCCC1. The molecule has 0 spiro atoms. The molecule has 4 heteroatoms. The third kappa shape index (κ3) is 3.10. The largest absolute Gasteiger partial charge is 0.440 e. The van der Waals surface area contributed by atoms with Gasteiger partial charge >= 0.3 is 0 Å². The summed E-state index contributed by atoms with van der Waals surface area (Å²) in [4.78, 5) is 0. The van der Waals surface area contributed by atoms with E-state index in [1.807, 2.05) is 18.2 Å². The van der Waals surface area contributed by atoms with E-state index in [4.69, 9.17) is 4.52 Å². The van der Waals surface area contributed by atoms with Crippen molar-refractivity contribution >= 4 is 12.7 Å². The molecule has 22 heavy (non-hydrogen) atoms. The molecule has 1 saturated carbocycles. The lowest BCUT2D eigenvalue weighted by molar-refractivity contribution is 0.433. The Hall–Kier alpha value is -1.60. The highest BCUT2D eigenvalue weighted by molar-refractivity contribution is 7.68. The lowest BCUT2D eigenvalue weighted by atomic mass is 10.0. The number of para-hydroxylation sites is 1. The zero-order chi connectivity index (χ0) is 15.4. The molecular weight excluding hydrogens is 298 g/mol. The van der Waals surface area contributed by atoms with Crippen LogP contribution < -0.4 is 9.83 Å². The molecule has 2 aromatic carbocycles. The van der Waals surface area contributed by atoms with Gasteiger partial charge in [0.2, 0.25) is 0 Å². The van der Waals surface area contributed by atoms with Crippen molar-refractivity contribution in [1.82, 2.24) is 0 Å². The van der Waals surface area contributed by atoms with Gasteiger partial charge in [0.1, 0.15) is 11.6 Å². The molecule has 0 aliphatic heterocycles. The van der Waals surface area contributed by atoms with Gasteiger partial charge in [-0.3, -0.25) is 4.57 Å². The van der Waals surface area contributed by atoms with E-state index in [9.17, 15) is 8.96 Å². The zero-order valence-electron chi connectivity index (χ0n) is 12.5. The summed E-state index contributed by atoms with van der Waals surface area (Å²) in [5.74, 6) is 0.104. The van der Waals surface area contributed by atoms with Gasteiger partial charge in [0.25, 0.3) is 7.37 Å². The van der Waals surface area contributed by atoms with Crippen molar-refractivity contribution in [1.29, 1.82) is 0 Å². The number of halogens is 1. The van der Waals surface area contributed by atoms with Crippen molar-refractivity contribution in [2.24, 2.45) is 0 Å². The summed E-state index contributed by atoms with van der Waals surface area (Å²) in [7, 11) is -3.28. The van der Waals surface area contributed by atoms with E-state index in [2.05, 4.69) is 0 Å². The predicted octanol–water partition coefficient (Wildman–Crippen LogP) is 5.14. The topological polar surface area (TPSA) is 26.3 Å². The molecule has 0 bridgehead atoms. The van der Waals surface area contributed by atoms with E-state index >= 15 is 0 Å². The standard InChI is InChI=1S/C18H20FO2P/c19-17-13-7-8-14-18(17)22(20,16-11-5-2-6-12-16)21-15-9-3-1-4-10-15/h1,3-4,7-10,13-14,16H,2,5-6,11-12H2. The molecule has 1 aliphatic carbocycles. The zero-order valence-corrected chi connectivity index (χ0v) is 13.3. The van der Waals surface area contributed by atoms with E-state index in [0.717, 1.165) is 32.1 Å². The van der Waals surface area contributed by atoms with Crippen LogP contribution in [0.1, 0.15) is 32.1 Å². The van der Waals surface area contributed by atoms with Gasteiger partial charge in [0.05, 0.1) is 11.0 Å². The third-order valence-electron chi connectivity index (χ3n) is 4.23. The molecule has 2 nitrogen and oxygen atoms in total. The quantitative estimate of drug-likeness (QED) is 0.730. The van der Waals surface area contributed by atoms with Crippen LogP contribution in [-0.4, -0.2) is 5.66 Å². The number of hydrogen-bond acceptors (Lipinski definition) is 2. The van der Waals surface area contributed by atoms with Gasteiger partial charge in [-0.05, 0) is 37.1 Å². The van der Waals surface area contributed by atoms with Crippen LogP contribution in [0.15, 0.2) is 54.6 Å². The third-order valence-corrected chi connectivity index (χ3v) is 7.22. The summed E-state index contributed by atoms with van der Waals surface area (Å²) in [6.07, 6.45) is 4.87. The number of benzene rings is 2. The van der Waals surface area contributed by atoms with E-state index in [-0.39, 0.29) is 11.0 Å². The van der Waals surface area contributed by atoms with Crippen molar-refractivity contribution < 1.29 is 13.5 Å². The number of rotatable bonds is 4. The Labute approximate surface area is 130 Å². The fraction of sp³-hybridized carbons (Fsp3) is 0.333. The van der Waals surface area contributed by atoms with Crippen LogP contribution in [-0.2, 0) is 4.57 Å². The van der Waals surface area contributed by atoms with Gasteiger partial charge in [-0.25, -0.2) is 4.39 Å². The molecule has 0 saturated heterocycles. The highest BCUT2D eigenvalue weighted by atomic mass is 31.2. The van der Waals surface area contributed by atoms with E-state index in [1.54, 1.807) is 30.3 Å². The van der Waals surface area contributed by atoms with Gasteiger partial charge in [-0.15, -0.1) is 0 Å². The minimum absolute atomic E-state index is 0.0987. The van der Waals surface area contributed by atoms with Crippen LogP contribution in [0.3, 0.4) is 0 Å². The van der Waals surface area contributed by atoms with Gasteiger partial charge in [-0.1, -0.05) is 49.6 Å². The maximum absolute atomic E-state index is 14.3. The molecule has 2 aromatic rings. The molecule has 3 rings (SSSR count). The van der Waals surface area contributed by atoms with Gasteiger partial charge in [0.15, 0.2) is 0 Å².